The fraction of sp³-hybridized carbons (Fsp3) is 0.556. The van der Waals surface area contributed by atoms with Crippen LogP contribution in [0.4, 0.5) is 0 Å². The second-order valence-corrected chi connectivity index (χ2v) is 6.57. The number of nitrogens with zero attached hydrogens (tertiary/aromatic N) is 4. The standard InChI is InChI=1S/C18H24N4O4/c1-5-16(23)22-8-6-7-21(10-15(22)17-19-13(4)20-26-17)18(24)14-9-11(2)25-12(14)3/h9,15H,5-8,10H2,1-4H3. The molecule has 1 unspecified atom stereocenters. The quantitative estimate of drug-likeness (QED) is 0.834. The van der Waals surface area contributed by atoms with Gasteiger partial charge in [0.15, 0.2) is 5.82 Å². The largest absolute Gasteiger partial charge is 0.466 e. The molecule has 2 aromatic rings. The molecule has 0 spiro atoms. The van der Waals surface area contributed by atoms with Crippen LogP contribution in [0.25, 0.3) is 0 Å². The Morgan fingerprint density at radius 1 is 1.27 bits per heavy atom. The first-order valence-corrected chi connectivity index (χ1v) is 8.86. The SMILES string of the molecule is CCC(=O)N1CCCN(C(=O)c2cc(C)oc2C)CC1c1nc(C)no1. The molecule has 0 radical (unpaired) electrons. The molecule has 3 heterocycles. The molecule has 1 atom stereocenters. The molecule has 1 aliphatic rings. The van der Waals surface area contributed by atoms with Gasteiger partial charge in [-0.1, -0.05) is 12.1 Å². The number of furan rings is 1. The van der Waals surface area contributed by atoms with Crippen LogP contribution in [0.2, 0.25) is 0 Å². The van der Waals surface area contributed by atoms with Gasteiger partial charge < -0.3 is 18.7 Å². The molecule has 8 heteroatoms. The van der Waals surface area contributed by atoms with E-state index in [-0.39, 0.29) is 11.8 Å². The summed E-state index contributed by atoms with van der Waals surface area (Å²) in [7, 11) is 0. The van der Waals surface area contributed by atoms with E-state index in [4.69, 9.17) is 8.94 Å². The number of carbonyl (C=O) groups excluding carboxylic acids is 2. The Bertz CT molecular complexity index is 810. The lowest BCUT2D eigenvalue weighted by Crippen LogP contribution is -2.40. The smallest absolute Gasteiger partial charge is 0.257 e. The minimum absolute atomic E-state index is 0.00971. The second kappa shape index (κ2) is 7.31. The van der Waals surface area contributed by atoms with E-state index in [0.29, 0.717) is 61.3 Å². The molecule has 1 fully saturated rings. The predicted molar refractivity (Wildman–Crippen MR) is 92.5 cm³/mol. The Morgan fingerprint density at radius 2 is 2.04 bits per heavy atom. The van der Waals surface area contributed by atoms with Crippen molar-refractivity contribution in [2.75, 3.05) is 19.6 Å². The van der Waals surface area contributed by atoms with E-state index in [9.17, 15) is 9.59 Å². The number of aromatic nitrogens is 2. The molecule has 0 bridgehead atoms. The summed E-state index contributed by atoms with van der Waals surface area (Å²) in [5.74, 6) is 2.08. The summed E-state index contributed by atoms with van der Waals surface area (Å²) < 4.78 is 10.8. The van der Waals surface area contributed by atoms with Crippen LogP contribution >= 0.6 is 0 Å². The molecule has 0 saturated carbocycles. The molecular formula is C18H24N4O4. The van der Waals surface area contributed by atoms with Crippen LogP contribution < -0.4 is 0 Å². The van der Waals surface area contributed by atoms with Gasteiger partial charge >= 0.3 is 0 Å². The van der Waals surface area contributed by atoms with Gasteiger partial charge in [0.1, 0.15) is 17.6 Å². The zero-order valence-corrected chi connectivity index (χ0v) is 15.6. The van der Waals surface area contributed by atoms with Gasteiger partial charge in [0, 0.05) is 19.5 Å². The maximum Gasteiger partial charge on any atom is 0.257 e. The molecule has 0 aromatic carbocycles. The number of aryl methyl sites for hydroxylation is 3. The highest BCUT2D eigenvalue weighted by Gasteiger charge is 2.35. The third-order valence-corrected chi connectivity index (χ3v) is 4.61. The lowest BCUT2D eigenvalue weighted by Gasteiger charge is -2.29. The van der Waals surface area contributed by atoms with Crippen LogP contribution in [0, 0.1) is 20.8 Å². The summed E-state index contributed by atoms with van der Waals surface area (Å²) >= 11 is 0. The fourth-order valence-electron chi connectivity index (χ4n) is 3.35. The Kier molecular flexibility index (Phi) is 5.11. The minimum Gasteiger partial charge on any atom is -0.466 e. The molecule has 0 N–H and O–H groups in total. The normalized spacial score (nSPS) is 18.1. The Labute approximate surface area is 152 Å². The van der Waals surface area contributed by atoms with E-state index < -0.39 is 6.04 Å². The van der Waals surface area contributed by atoms with Crippen molar-refractivity contribution >= 4 is 11.8 Å². The van der Waals surface area contributed by atoms with Crippen molar-refractivity contribution < 1.29 is 18.5 Å². The van der Waals surface area contributed by atoms with Crippen LogP contribution in [-0.4, -0.2) is 51.4 Å². The van der Waals surface area contributed by atoms with Crippen LogP contribution in [0.5, 0.6) is 0 Å². The van der Waals surface area contributed by atoms with Gasteiger partial charge in [0.2, 0.25) is 5.91 Å². The van der Waals surface area contributed by atoms with E-state index in [1.165, 1.54) is 0 Å². The summed E-state index contributed by atoms with van der Waals surface area (Å²) in [5.41, 5.74) is 0.554. The number of carbonyl (C=O) groups is 2. The van der Waals surface area contributed by atoms with Gasteiger partial charge in [-0.15, -0.1) is 0 Å². The maximum atomic E-state index is 13.0. The molecule has 140 valence electrons. The fourth-order valence-corrected chi connectivity index (χ4v) is 3.35. The van der Waals surface area contributed by atoms with Crippen molar-refractivity contribution in [2.45, 2.75) is 46.6 Å². The Morgan fingerprint density at radius 3 is 2.62 bits per heavy atom. The van der Waals surface area contributed by atoms with Gasteiger partial charge in [-0.3, -0.25) is 9.59 Å². The first-order valence-electron chi connectivity index (χ1n) is 8.86. The summed E-state index contributed by atoms with van der Waals surface area (Å²) in [6, 6.07) is 1.31. The topological polar surface area (TPSA) is 92.7 Å². The molecular weight excluding hydrogens is 336 g/mol. The highest BCUT2D eigenvalue weighted by atomic mass is 16.5. The highest BCUT2D eigenvalue weighted by molar-refractivity contribution is 5.95. The van der Waals surface area contributed by atoms with E-state index >= 15 is 0 Å². The molecule has 2 amide bonds. The summed E-state index contributed by atoms with van der Waals surface area (Å²) in [5, 5.41) is 3.85. The Balaban J connectivity index is 1.91. The zero-order chi connectivity index (χ0) is 18.8. The third-order valence-electron chi connectivity index (χ3n) is 4.61. The zero-order valence-electron chi connectivity index (χ0n) is 15.6. The van der Waals surface area contributed by atoms with Crippen LogP contribution in [0.1, 0.15) is 59.4 Å². The summed E-state index contributed by atoms with van der Waals surface area (Å²) in [6.07, 6.45) is 1.08. The van der Waals surface area contributed by atoms with Crippen molar-refractivity contribution in [1.82, 2.24) is 19.9 Å². The predicted octanol–water partition coefficient (Wildman–Crippen LogP) is 2.41. The molecule has 2 aromatic heterocycles. The Hall–Kier alpha value is -2.64. The van der Waals surface area contributed by atoms with Gasteiger partial charge in [-0.05, 0) is 33.3 Å². The molecule has 3 rings (SSSR count). The second-order valence-electron chi connectivity index (χ2n) is 6.57. The van der Waals surface area contributed by atoms with Gasteiger partial charge in [-0.2, -0.15) is 4.98 Å². The summed E-state index contributed by atoms with van der Waals surface area (Å²) in [4.78, 5) is 33.2. The van der Waals surface area contributed by atoms with Crippen LogP contribution in [0.3, 0.4) is 0 Å². The van der Waals surface area contributed by atoms with Crippen molar-refractivity contribution in [1.29, 1.82) is 0 Å². The lowest BCUT2D eigenvalue weighted by molar-refractivity contribution is -0.133. The number of rotatable bonds is 3. The number of amides is 2. The lowest BCUT2D eigenvalue weighted by atomic mass is 10.2. The van der Waals surface area contributed by atoms with E-state index in [1.807, 2.05) is 13.8 Å². The highest BCUT2D eigenvalue weighted by Crippen LogP contribution is 2.26. The number of hydrogen-bond acceptors (Lipinski definition) is 6. The van der Waals surface area contributed by atoms with Gasteiger partial charge in [0.05, 0.1) is 12.1 Å². The van der Waals surface area contributed by atoms with Crippen molar-refractivity contribution in [3.8, 4) is 0 Å². The third kappa shape index (κ3) is 3.49. The average Bonchev–Trinajstić information content (AvgIpc) is 3.10. The van der Waals surface area contributed by atoms with E-state index in [1.54, 1.807) is 29.7 Å². The first-order chi connectivity index (χ1) is 12.4. The minimum atomic E-state index is -0.441. The number of hydrogen-bond donors (Lipinski definition) is 0. The average molecular weight is 360 g/mol. The van der Waals surface area contributed by atoms with E-state index in [2.05, 4.69) is 10.1 Å². The molecule has 1 aliphatic heterocycles. The van der Waals surface area contributed by atoms with Crippen molar-refractivity contribution in [3.63, 3.8) is 0 Å². The maximum absolute atomic E-state index is 13.0. The van der Waals surface area contributed by atoms with Gasteiger partial charge in [0.25, 0.3) is 11.8 Å². The van der Waals surface area contributed by atoms with Crippen molar-refractivity contribution in [2.24, 2.45) is 0 Å². The first kappa shape index (κ1) is 18.2. The van der Waals surface area contributed by atoms with Gasteiger partial charge in [-0.25, -0.2) is 0 Å². The monoisotopic (exact) mass is 360 g/mol. The summed E-state index contributed by atoms with van der Waals surface area (Å²) in [6.45, 7) is 8.57. The molecule has 26 heavy (non-hydrogen) atoms. The van der Waals surface area contributed by atoms with Crippen molar-refractivity contribution in [3.05, 3.63) is 34.9 Å². The van der Waals surface area contributed by atoms with E-state index in [0.717, 1.165) is 0 Å². The molecule has 8 nitrogen and oxygen atoms in total. The van der Waals surface area contributed by atoms with Crippen LogP contribution in [0.15, 0.2) is 15.0 Å². The molecule has 0 aliphatic carbocycles. The molecule has 1 saturated heterocycles. The van der Waals surface area contributed by atoms with Crippen LogP contribution in [-0.2, 0) is 4.79 Å².